The Bertz CT molecular complexity index is 166. The van der Waals surface area contributed by atoms with Crippen molar-refractivity contribution < 1.29 is 20.1 Å². The lowest BCUT2D eigenvalue weighted by Crippen LogP contribution is -2.45. The van der Waals surface area contributed by atoms with Crippen molar-refractivity contribution in [2.75, 3.05) is 6.61 Å². The van der Waals surface area contributed by atoms with Crippen LogP contribution in [-0.2, 0) is 4.74 Å². The summed E-state index contributed by atoms with van der Waals surface area (Å²) < 4.78 is 5.16. The van der Waals surface area contributed by atoms with E-state index in [9.17, 15) is 10.2 Å². The molecular formula is C10H20O4. The molecule has 0 spiro atoms. The van der Waals surface area contributed by atoms with E-state index in [1.54, 1.807) is 13.8 Å². The summed E-state index contributed by atoms with van der Waals surface area (Å²) >= 11 is 0. The fourth-order valence-electron chi connectivity index (χ4n) is 1.25. The minimum absolute atomic E-state index is 0.0182. The van der Waals surface area contributed by atoms with Crippen LogP contribution < -0.4 is 0 Å². The highest BCUT2D eigenvalue weighted by Gasteiger charge is 2.34. The molecule has 0 aromatic rings. The SMILES string of the molecule is C=CCC(O)(O)C(CC(C)O)OCC. The van der Waals surface area contributed by atoms with Crippen LogP contribution in [0.4, 0.5) is 0 Å². The van der Waals surface area contributed by atoms with Crippen molar-refractivity contribution >= 4 is 0 Å². The zero-order valence-electron chi connectivity index (χ0n) is 8.81. The number of aliphatic hydroxyl groups is 3. The van der Waals surface area contributed by atoms with Crippen LogP contribution in [-0.4, -0.2) is 39.9 Å². The van der Waals surface area contributed by atoms with Gasteiger partial charge < -0.3 is 20.1 Å². The van der Waals surface area contributed by atoms with Crippen LogP contribution in [0.2, 0.25) is 0 Å². The summed E-state index contributed by atoms with van der Waals surface area (Å²) in [7, 11) is 0. The Labute approximate surface area is 84.8 Å². The number of hydrogen-bond donors (Lipinski definition) is 3. The molecule has 0 saturated heterocycles. The van der Waals surface area contributed by atoms with E-state index >= 15 is 0 Å². The molecule has 14 heavy (non-hydrogen) atoms. The summed E-state index contributed by atoms with van der Waals surface area (Å²) in [5.41, 5.74) is 0. The van der Waals surface area contributed by atoms with Crippen LogP contribution in [0.25, 0.3) is 0 Å². The summed E-state index contributed by atoms with van der Waals surface area (Å²) in [5, 5.41) is 28.4. The summed E-state index contributed by atoms with van der Waals surface area (Å²) in [5.74, 6) is -1.95. The van der Waals surface area contributed by atoms with Gasteiger partial charge in [-0.05, 0) is 13.8 Å². The van der Waals surface area contributed by atoms with Crippen molar-refractivity contribution in [3.8, 4) is 0 Å². The van der Waals surface area contributed by atoms with Crippen molar-refractivity contribution in [3.63, 3.8) is 0 Å². The minimum atomic E-state index is -1.95. The second-order valence-electron chi connectivity index (χ2n) is 3.40. The third kappa shape index (κ3) is 4.72. The van der Waals surface area contributed by atoms with Crippen molar-refractivity contribution in [3.05, 3.63) is 12.7 Å². The molecule has 0 amide bonds. The zero-order chi connectivity index (χ0) is 11.2. The van der Waals surface area contributed by atoms with Gasteiger partial charge >= 0.3 is 0 Å². The van der Waals surface area contributed by atoms with Gasteiger partial charge in [-0.1, -0.05) is 6.08 Å². The third-order valence-electron chi connectivity index (χ3n) is 1.88. The van der Waals surface area contributed by atoms with E-state index in [-0.39, 0.29) is 12.8 Å². The first-order valence-corrected chi connectivity index (χ1v) is 4.79. The first kappa shape index (κ1) is 13.6. The average molecular weight is 204 g/mol. The first-order chi connectivity index (χ1) is 6.44. The van der Waals surface area contributed by atoms with E-state index < -0.39 is 18.0 Å². The fourth-order valence-corrected chi connectivity index (χ4v) is 1.25. The molecule has 2 atom stereocenters. The maximum atomic E-state index is 9.60. The molecule has 4 nitrogen and oxygen atoms in total. The predicted octanol–water partition coefficient (Wildman–Crippen LogP) is 0.419. The van der Waals surface area contributed by atoms with E-state index in [0.29, 0.717) is 6.61 Å². The van der Waals surface area contributed by atoms with Gasteiger partial charge in [0.1, 0.15) is 6.10 Å². The van der Waals surface area contributed by atoms with Crippen LogP contribution in [0, 0.1) is 0 Å². The highest BCUT2D eigenvalue weighted by atomic mass is 16.6. The standard InChI is InChI=1S/C10H20O4/c1-4-6-10(12,13)9(14-5-2)7-8(3)11/h4,8-9,11-13H,1,5-7H2,2-3H3. The molecule has 2 unspecified atom stereocenters. The van der Waals surface area contributed by atoms with Crippen molar-refractivity contribution in [1.82, 2.24) is 0 Å². The minimum Gasteiger partial charge on any atom is -0.393 e. The molecule has 0 heterocycles. The molecule has 4 heteroatoms. The lowest BCUT2D eigenvalue weighted by Gasteiger charge is -2.31. The molecule has 3 N–H and O–H groups in total. The smallest absolute Gasteiger partial charge is 0.193 e. The summed E-state index contributed by atoms with van der Waals surface area (Å²) in [6.45, 7) is 7.14. The third-order valence-corrected chi connectivity index (χ3v) is 1.88. The van der Waals surface area contributed by atoms with E-state index in [1.807, 2.05) is 0 Å². The Kier molecular flexibility index (Phi) is 5.95. The van der Waals surface area contributed by atoms with E-state index in [0.717, 1.165) is 0 Å². The van der Waals surface area contributed by atoms with Crippen molar-refractivity contribution in [1.29, 1.82) is 0 Å². The molecule has 0 aliphatic rings. The molecule has 0 rings (SSSR count). The van der Waals surface area contributed by atoms with Crippen LogP contribution >= 0.6 is 0 Å². The van der Waals surface area contributed by atoms with Gasteiger partial charge in [0, 0.05) is 19.4 Å². The summed E-state index contributed by atoms with van der Waals surface area (Å²) in [6.07, 6.45) is 0.202. The van der Waals surface area contributed by atoms with Gasteiger partial charge in [-0.25, -0.2) is 0 Å². The molecule has 0 aromatic heterocycles. The molecule has 0 fully saturated rings. The van der Waals surface area contributed by atoms with E-state index in [2.05, 4.69) is 6.58 Å². The second-order valence-corrected chi connectivity index (χ2v) is 3.40. The van der Waals surface area contributed by atoms with Gasteiger partial charge in [0.15, 0.2) is 5.79 Å². The molecule has 0 aliphatic carbocycles. The van der Waals surface area contributed by atoms with Gasteiger partial charge in [0.25, 0.3) is 0 Å². The largest absolute Gasteiger partial charge is 0.393 e. The Hall–Kier alpha value is -0.420. The first-order valence-electron chi connectivity index (χ1n) is 4.79. The van der Waals surface area contributed by atoms with E-state index in [1.165, 1.54) is 6.08 Å². The van der Waals surface area contributed by atoms with Crippen molar-refractivity contribution in [2.24, 2.45) is 0 Å². The van der Waals surface area contributed by atoms with Gasteiger partial charge in [0.2, 0.25) is 0 Å². The van der Waals surface area contributed by atoms with Crippen LogP contribution in [0.15, 0.2) is 12.7 Å². The summed E-state index contributed by atoms with van der Waals surface area (Å²) in [6, 6.07) is 0. The molecule has 0 radical (unpaired) electrons. The number of rotatable bonds is 7. The normalized spacial score (nSPS) is 16.4. The number of hydrogen-bond acceptors (Lipinski definition) is 4. The fraction of sp³-hybridized carbons (Fsp3) is 0.800. The van der Waals surface area contributed by atoms with Gasteiger partial charge in [-0.15, -0.1) is 6.58 Å². The molecule has 0 aliphatic heterocycles. The summed E-state index contributed by atoms with van der Waals surface area (Å²) in [4.78, 5) is 0. The lowest BCUT2D eigenvalue weighted by atomic mass is 10.0. The van der Waals surface area contributed by atoms with E-state index in [4.69, 9.17) is 9.84 Å². The Morgan fingerprint density at radius 3 is 2.43 bits per heavy atom. The van der Waals surface area contributed by atoms with Gasteiger partial charge in [-0.2, -0.15) is 0 Å². The maximum Gasteiger partial charge on any atom is 0.193 e. The highest BCUT2D eigenvalue weighted by Crippen LogP contribution is 2.20. The molecule has 0 aromatic carbocycles. The molecule has 84 valence electrons. The maximum absolute atomic E-state index is 9.60. The molecule has 0 saturated carbocycles. The van der Waals surface area contributed by atoms with Gasteiger partial charge in [-0.3, -0.25) is 0 Å². The Morgan fingerprint density at radius 1 is 1.50 bits per heavy atom. The Morgan fingerprint density at radius 2 is 2.07 bits per heavy atom. The van der Waals surface area contributed by atoms with Crippen LogP contribution in [0.1, 0.15) is 26.7 Å². The number of ether oxygens (including phenoxy) is 1. The monoisotopic (exact) mass is 204 g/mol. The van der Waals surface area contributed by atoms with Gasteiger partial charge in [0.05, 0.1) is 6.10 Å². The second kappa shape index (κ2) is 6.14. The zero-order valence-corrected chi connectivity index (χ0v) is 8.81. The lowest BCUT2D eigenvalue weighted by molar-refractivity contribution is -0.240. The number of aliphatic hydroxyl groups excluding tert-OH is 1. The van der Waals surface area contributed by atoms with Crippen molar-refractivity contribution in [2.45, 2.75) is 44.7 Å². The van der Waals surface area contributed by atoms with Crippen LogP contribution in [0.5, 0.6) is 0 Å². The molecule has 0 bridgehead atoms. The quantitative estimate of drug-likeness (QED) is 0.415. The predicted molar refractivity (Wildman–Crippen MR) is 53.7 cm³/mol. The highest BCUT2D eigenvalue weighted by molar-refractivity contribution is 4.85. The van der Waals surface area contributed by atoms with Crippen LogP contribution in [0.3, 0.4) is 0 Å². The average Bonchev–Trinajstić information content (AvgIpc) is 2.02. The Balaban J connectivity index is 4.36. The molecular weight excluding hydrogens is 184 g/mol. The topological polar surface area (TPSA) is 69.9 Å².